The smallest absolute Gasteiger partial charge is 0.231 e. The maximum atomic E-state index is 5.33. The van der Waals surface area contributed by atoms with E-state index in [9.17, 15) is 0 Å². The molecule has 0 fully saturated rings. The molecule has 0 atom stereocenters. The Morgan fingerprint density at radius 1 is 1.31 bits per heavy atom. The minimum atomic E-state index is 0.291. The molecule has 1 N–H and O–H groups in total. The maximum absolute atomic E-state index is 5.33. The summed E-state index contributed by atoms with van der Waals surface area (Å²) in [5.74, 6) is 1.55. The van der Waals surface area contributed by atoms with Crippen molar-refractivity contribution < 1.29 is 9.47 Å². The third kappa shape index (κ3) is 1.39. The predicted molar refractivity (Wildman–Crippen MR) is 62.6 cm³/mol. The molecular formula is C11H9BrN2O2. The van der Waals surface area contributed by atoms with Crippen LogP contribution < -0.4 is 9.47 Å². The van der Waals surface area contributed by atoms with Crippen LogP contribution in [0.25, 0.3) is 11.3 Å². The summed E-state index contributed by atoms with van der Waals surface area (Å²) in [5.41, 5.74) is 2.89. The van der Waals surface area contributed by atoms with E-state index in [-0.39, 0.29) is 0 Å². The van der Waals surface area contributed by atoms with E-state index in [2.05, 4.69) is 26.1 Å². The number of fused-ring (bicyclic) bond motifs is 1. The molecule has 2 heterocycles. The van der Waals surface area contributed by atoms with Gasteiger partial charge in [-0.3, -0.25) is 5.10 Å². The van der Waals surface area contributed by atoms with Gasteiger partial charge in [-0.05, 0) is 41.1 Å². The first-order valence-corrected chi connectivity index (χ1v) is 5.65. The van der Waals surface area contributed by atoms with Gasteiger partial charge in [-0.25, -0.2) is 0 Å². The second-order valence-corrected chi connectivity index (χ2v) is 4.37. The van der Waals surface area contributed by atoms with Crippen LogP contribution in [0, 0.1) is 6.92 Å². The molecule has 16 heavy (non-hydrogen) atoms. The minimum Gasteiger partial charge on any atom is -0.454 e. The zero-order valence-corrected chi connectivity index (χ0v) is 10.2. The first kappa shape index (κ1) is 9.72. The summed E-state index contributed by atoms with van der Waals surface area (Å²) in [5, 5.41) is 7.18. The van der Waals surface area contributed by atoms with Gasteiger partial charge in [-0.2, -0.15) is 5.10 Å². The van der Waals surface area contributed by atoms with Gasteiger partial charge in [0.1, 0.15) is 5.69 Å². The van der Waals surface area contributed by atoms with Gasteiger partial charge in [0, 0.05) is 11.3 Å². The van der Waals surface area contributed by atoms with Gasteiger partial charge in [0.2, 0.25) is 6.79 Å². The quantitative estimate of drug-likeness (QED) is 0.874. The molecule has 0 radical (unpaired) electrons. The van der Waals surface area contributed by atoms with Crippen LogP contribution in [0.15, 0.2) is 22.7 Å². The van der Waals surface area contributed by atoms with Gasteiger partial charge in [-0.1, -0.05) is 0 Å². The fourth-order valence-electron chi connectivity index (χ4n) is 1.65. The highest BCUT2D eigenvalue weighted by Gasteiger charge is 2.16. The Balaban J connectivity index is 2.10. The highest BCUT2D eigenvalue weighted by atomic mass is 79.9. The van der Waals surface area contributed by atoms with E-state index in [0.717, 1.165) is 32.9 Å². The number of aromatic amines is 1. The predicted octanol–water partition coefficient (Wildman–Crippen LogP) is 2.88. The van der Waals surface area contributed by atoms with Crippen LogP contribution >= 0.6 is 15.9 Å². The SMILES string of the molecule is Cc1[nH]nc(-c2ccc3c(c2)OCO3)c1Br. The van der Waals surface area contributed by atoms with Gasteiger partial charge in [0.25, 0.3) is 0 Å². The number of benzene rings is 1. The van der Waals surface area contributed by atoms with Gasteiger partial charge in [-0.15, -0.1) is 0 Å². The molecule has 3 rings (SSSR count). The van der Waals surface area contributed by atoms with E-state index in [0.29, 0.717) is 6.79 Å². The lowest BCUT2D eigenvalue weighted by Gasteiger charge is -2.00. The Morgan fingerprint density at radius 3 is 2.88 bits per heavy atom. The van der Waals surface area contributed by atoms with Crippen LogP contribution in [0.2, 0.25) is 0 Å². The molecule has 1 aliphatic heterocycles. The first-order chi connectivity index (χ1) is 7.75. The number of rotatable bonds is 1. The number of halogens is 1. The van der Waals surface area contributed by atoms with Crippen LogP contribution in [0.3, 0.4) is 0 Å². The van der Waals surface area contributed by atoms with E-state index in [1.54, 1.807) is 0 Å². The van der Waals surface area contributed by atoms with Crippen LogP contribution in [-0.4, -0.2) is 17.0 Å². The molecule has 0 spiro atoms. The summed E-state index contributed by atoms with van der Waals surface area (Å²) in [6, 6.07) is 5.80. The number of aryl methyl sites for hydroxylation is 1. The molecule has 0 bridgehead atoms. The van der Waals surface area contributed by atoms with Crippen molar-refractivity contribution >= 4 is 15.9 Å². The highest BCUT2D eigenvalue weighted by molar-refractivity contribution is 9.10. The number of aromatic nitrogens is 2. The fraction of sp³-hybridized carbons (Fsp3) is 0.182. The first-order valence-electron chi connectivity index (χ1n) is 4.86. The fourth-order valence-corrected chi connectivity index (χ4v) is 2.06. The van der Waals surface area contributed by atoms with E-state index in [4.69, 9.17) is 9.47 Å². The van der Waals surface area contributed by atoms with Crippen molar-refractivity contribution in [2.24, 2.45) is 0 Å². The number of hydrogen-bond donors (Lipinski definition) is 1. The average molecular weight is 281 g/mol. The van der Waals surface area contributed by atoms with E-state index >= 15 is 0 Å². The van der Waals surface area contributed by atoms with Gasteiger partial charge >= 0.3 is 0 Å². The van der Waals surface area contributed by atoms with Crippen molar-refractivity contribution in [1.82, 2.24) is 10.2 Å². The highest BCUT2D eigenvalue weighted by Crippen LogP contribution is 2.37. The van der Waals surface area contributed by atoms with E-state index in [1.807, 2.05) is 25.1 Å². The number of hydrogen-bond acceptors (Lipinski definition) is 3. The molecule has 0 saturated carbocycles. The molecule has 4 nitrogen and oxygen atoms in total. The number of H-pyrrole nitrogens is 1. The zero-order valence-electron chi connectivity index (χ0n) is 8.58. The molecule has 0 aliphatic carbocycles. The molecular weight excluding hydrogens is 272 g/mol. The summed E-state index contributed by atoms with van der Waals surface area (Å²) >= 11 is 3.50. The van der Waals surface area contributed by atoms with Gasteiger partial charge in [0.05, 0.1) is 4.47 Å². The molecule has 0 amide bonds. The topological polar surface area (TPSA) is 47.1 Å². The molecule has 1 aromatic heterocycles. The summed E-state index contributed by atoms with van der Waals surface area (Å²) in [6.07, 6.45) is 0. The monoisotopic (exact) mass is 280 g/mol. The lowest BCUT2D eigenvalue weighted by molar-refractivity contribution is 0.174. The Hall–Kier alpha value is -1.49. The molecule has 1 aliphatic rings. The summed E-state index contributed by atoms with van der Waals surface area (Å²) in [4.78, 5) is 0. The second-order valence-electron chi connectivity index (χ2n) is 3.58. The van der Waals surface area contributed by atoms with Crippen molar-refractivity contribution in [3.05, 3.63) is 28.4 Å². The lowest BCUT2D eigenvalue weighted by atomic mass is 10.1. The largest absolute Gasteiger partial charge is 0.454 e. The molecule has 5 heteroatoms. The van der Waals surface area contributed by atoms with E-state index < -0.39 is 0 Å². The summed E-state index contributed by atoms with van der Waals surface area (Å²) in [6.45, 7) is 2.26. The molecule has 0 unspecified atom stereocenters. The third-order valence-corrected chi connectivity index (χ3v) is 3.49. The standard InChI is InChI=1S/C11H9BrN2O2/c1-6-10(12)11(14-13-6)7-2-3-8-9(4-7)16-5-15-8/h2-4H,5H2,1H3,(H,13,14). The van der Waals surface area contributed by atoms with Crippen LogP contribution in [0.5, 0.6) is 11.5 Å². The molecule has 0 saturated heterocycles. The average Bonchev–Trinajstić information content (AvgIpc) is 2.86. The Bertz CT molecular complexity index is 551. The molecule has 2 aromatic rings. The summed E-state index contributed by atoms with van der Waals surface area (Å²) in [7, 11) is 0. The van der Waals surface area contributed by atoms with E-state index in [1.165, 1.54) is 0 Å². The Kier molecular flexibility index (Phi) is 2.14. The lowest BCUT2D eigenvalue weighted by Crippen LogP contribution is -1.92. The zero-order chi connectivity index (χ0) is 11.1. The van der Waals surface area contributed by atoms with Crippen molar-refractivity contribution in [1.29, 1.82) is 0 Å². The second kappa shape index (κ2) is 3.52. The number of ether oxygens (including phenoxy) is 2. The number of nitrogens with one attached hydrogen (secondary N) is 1. The van der Waals surface area contributed by atoms with Crippen molar-refractivity contribution in [3.63, 3.8) is 0 Å². The molecule has 1 aromatic carbocycles. The minimum absolute atomic E-state index is 0.291. The van der Waals surface area contributed by atoms with Crippen LogP contribution in [0.4, 0.5) is 0 Å². The number of nitrogens with zero attached hydrogens (tertiary/aromatic N) is 1. The van der Waals surface area contributed by atoms with Crippen molar-refractivity contribution in [2.75, 3.05) is 6.79 Å². The van der Waals surface area contributed by atoms with Gasteiger partial charge < -0.3 is 9.47 Å². The Morgan fingerprint density at radius 2 is 2.12 bits per heavy atom. The normalized spacial score (nSPS) is 13.1. The van der Waals surface area contributed by atoms with Crippen molar-refractivity contribution in [2.45, 2.75) is 6.92 Å². The van der Waals surface area contributed by atoms with Crippen molar-refractivity contribution in [3.8, 4) is 22.8 Å². The van der Waals surface area contributed by atoms with Crippen LogP contribution in [-0.2, 0) is 0 Å². The Labute approximate surface area is 101 Å². The van der Waals surface area contributed by atoms with Gasteiger partial charge in [0.15, 0.2) is 11.5 Å². The maximum Gasteiger partial charge on any atom is 0.231 e. The molecule has 82 valence electrons. The third-order valence-electron chi connectivity index (χ3n) is 2.52. The van der Waals surface area contributed by atoms with Crippen LogP contribution in [0.1, 0.15) is 5.69 Å². The summed E-state index contributed by atoms with van der Waals surface area (Å²) < 4.78 is 11.6.